The van der Waals surface area contributed by atoms with Crippen molar-refractivity contribution in [3.63, 3.8) is 0 Å². The number of halogens is 1. The fourth-order valence-electron chi connectivity index (χ4n) is 2.55. The van der Waals surface area contributed by atoms with Gasteiger partial charge in [0.25, 0.3) is 5.91 Å². The van der Waals surface area contributed by atoms with Gasteiger partial charge >= 0.3 is 0 Å². The lowest BCUT2D eigenvalue weighted by Gasteiger charge is -2.19. The summed E-state index contributed by atoms with van der Waals surface area (Å²) in [6.45, 7) is 2.66. The average Bonchev–Trinajstić information content (AvgIpc) is 2.76. The first-order valence-electron chi connectivity index (χ1n) is 6.28. The van der Waals surface area contributed by atoms with Gasteiger partial charge in [-0.3, -0.25) is 4.79 Å². The van der Waals surface area contributed by atoms with Crippen LogP contribution in [0.25, 0.3) is 0 Å². The normalized spacial score (nSPS) is 22.3. The zero-order valence-electron chi connectivity index (χ0n) is 10.7. The maximum absolute atomic E-state index is 12.1. The second kappa shape index (κ2) is 6.76. The third-order valence-electron chi connectivity index (χ3n) is 3.56. The van der Waals surface area contributed by atoms with Gasteiger partial charge in [0.15, 0.2) is 0 Å². The Balaban J connectivity index is 0.00000162. The maximum Gasteiger partial charge on any atom is 0.251 e. The van der Waals surface area contributed by atoms with E-state index < -0.39 is 0 Å². The molecule has 0 bridgehead atoms. The fourth-order valence-corrected chi connectivity index (χ4v) is 2.55. The molecule has 1 aromatic carbocycles. The number of nitrogens with one attached hydrogen (secondary N) is 1. The standard InChI is InChI=1S/C14H20N2O.ClH/c1-10-4-2-5-11(8-10)14(17)16-13-7-3-6-12(13)9-15;/h2,4-5,8,12-13H,3,6-7,9,15H2,1H3,(H,16,17);1H. The summed E-state index contributed by atoms with van der Waals surface area (Å²) in [5.41, 5.74) is 7.57. The summed E-state index contributed by atoms with van der Waals surface area (Å²) >= 11 is 0. The molecule has 2 rings (SSSR count). The average molecular weight is 269 g/mol. The monoisotopic (exact) mass is 268 g/mol. The Morgan fingerprint density at radius 3 is 2.89 bits per heavy atom. The number of carbonyl (C=O) groups excluding carboxylic acids is 1. The lowest BCUT2D eigenvalue weighted by atomic mass is 10.0. The number of amides is 1. The minimum absolute atomic E-state index is 0. The van der Waals surface area contributed by atoms with Crippen molar-refractivity contribution < 1.29 is 4.79 Å². The van der Waals surface area contributed by atoms with Gasteiger partial charge in [-0.1, -0.05) is 24.1 Å². The van der Waals surface area contributed by atoms with Gasteiger partial charge in [-0.25, -0.2) is 0 Å². The first-order chi connectivity index (χ1) is 8.20. The fraction of sp³-hybridized carbons (Fsp3) is 0.500. The molecule has 2 unspecified atom stereocenters. The molecule has 0 aromatic heterocycles. The van der Waals surface area contributed by atoms with Gasteiger partial charge in [0.2, 0.25) is 0 Å². The van der Waals surface area contributed by atoms with Crippen LogP contribution < -0.4 is 11.1 Å². The molecule has 18 heavy (non-hydrogen) atoms. The highest BCUT2D eigenvalue weighted by atomic mass is 35.5. The van der Waals surface area contributed by atoms with Crippen LogP contribution in [0.4, 0.5) is 0 Å². The van der Waals surface area contributed by atoms with Crippen LogP contribution in [0, 0.1) is 12.8 Å². The first-order valence-corrected chi connectivity index (χ1v) is 6.28. The first kappa shape index (κ1) is 15.0. The molecule has 1 aromatic rings. The van der Waals surface area contributed by atoms with Crippen molar-refractivity contribution in [2.45, 2.75) is 32.2 Å². The molecule has 1 aliphatic rings. The molecule has 100 valence electrons. The molecule has 1 aliphatic carbocycles. The highest BCUT2D eigenvalue weighted by Crippen LogP contribution is 2.24. The molecule has 0 aliphatic heterocycles. The van der Waals surface area contributed by atoms with Crippen LogP contribution >= 0.6 is 12.4 Å². The van der Waals surface area contributed by atoms with Gasteiger partial charge in [-0.2, -0.15) is 0 Å². The van der Waals surface area contributed by atoms with Gasteiger partial charge in [-0.05, 0) is 44.4 Å². The van der Waals surface area contributed by atoms with Crippen LogP contribution in [0.5, 0.6) is 0 Å². The summed E-state index contributed by atoms with van der Waals surface area (Å²) in [4.78, 5) is 12.1. The molecule has 0 radical (unpaired) electrons. The molecule has 0 saturated heterocycles. The second-order valence-electron chi connectivity index (χ2n) is 4.88. The Labute approximate surface area is 115 Å². The SMILES string of the molecule is Cc1cccc(C(=O)NC2CCCC2CN)c1.Cl. The Kier molecular flexibility index (Phi) is 5.63. The van der Waals surface area contributed by atoms with E-state index in [-0.39, 0.29) is 24.4 Å². The third-order valence-corrected chi connectivity index (χ3v) is 3.56. The summed E-state index contributed by atoms with van der Waals surface area (Å²) in [5.74, 6) is 0.475. The van der Waals surface area contributed by atoms with E-state index in [2.05, 4.69) is 5.32 Å². The summed E-state index contributed by atoms with van der Waals surface area (Å²) in [5, 5.41) is 3.10. The van der Waals surface area contributed by atoms with Crippen molar-refractivity contribution >= 4 is 18.3 Å². The van der Waals surface area contributed by atoms with E-state index in [1.54, 1.807) is 0 Å². The van der Waals surface area contributed by atoms with Crippen LogP contribution in [0.1, 0.15) is 35.2 Å². The Morgan fingerprint density at radius 2 is 2.22 bits per heavy atom. The molecule has 0 spiro atoms. The number of nitrogens with two attached hydrogens (primary N) is 1. The van der Waals surface area contributed by atoms with E-state index in [9.17, 15) is 4.79 Å². The number of carbonyl (C=O) groups is 1. The number of rotatable bonds is 3. The van der Waals surface area contributed by atoms with Crippen molar-refractivity contribution in [3.05, 3.63) is 35.4 Å². The van der Waals surface area contributed by atoms with Gasteiger partial charge in [0.05, 0.1) is 0 Å². The van der Waals surface area contributed by atoms with Crippen molar-refractivity contribution in [1.82, 2.24) is 5.32 Å². The largest absolute Gasteiger partial charge is 0.349 e. The minimum atomic E-state index is 0. The summed E-state index contributed by atoms with van der Waals surface area (Å²) in [6, 6.07) is 7.94. The summed E-state index contributed by atoms with van der Waals surface area (Å²) in [6.07, 6.45) is 3.36. The van der Waals surface area contributed by atoms with Crippen LogP contribution in [0.15, 0.2) is 24.3 Å². The summed E-state index contributed by atoms with van der Waals surface area (Å²) < 4.78 is 0. The third kappa shape index (κ3) is 3.47. The number of aryl methyl sites for hydroxylation is 1. The Hall–Kier alpha value is -1.06. The Bertz CT molecular complexity index is 409. The molecule has 1 amide bonds. The highest BCUT2D eigenvalue weighted by molar-refractivity contribution is 5.94. The molecular weight excluding hydrogens is 248 g/mol. The van der Waals surface area contributed by atoms with Crippen LogP contribution in [0.3, 0.4) is 0 Å². The predicted octanol–water partition coefficient (Wildman–Crippen LogP) is 2.27. The predicted molar refractivity (Wildman–Crippen MR) is 76.1 cm³/mol. The molecular formula is C14H21ClN2O. The second-order valence-corrected chi connectivity index (χ2v) is 4.88. The molecule has 3 N–H and O–H groups in total. The minimum Gasteiger partial charge on any atom is -0.349 e. The van der Waals surface area contributed by atoms with Crippen molar-refractivity contribution in [2.75, 3.05) is 6.54 Å². The van der Waals surface area contributed by atoms with Crippen LogP contribution in [0.2, 0.25) is 0 Å². The highest BCUT2D eigenvalue weighted by Gasteiger charge is 2.27. The van der Waals surface area contributed by atoms with Gasteiger partial charge in [0, 0.05) is 11.6 Å². The van der Waals surface area contributed by atoms with E-state index >= 15 is 0 Å². The quantitative estimate of drug-likeness (QED) is 0.884. The van der Waals surface area contributed by atoms with Crippen LogP contribution in [-0.2, 0) is 0 Å². The number of hydrogen-bond acceptors (Lipinski definition) is 2. The molecule has 3 nitrogen and oxygen atoms in total. The molecule has 1 fully saturated rings. The molecule has 4 heteroatoms. The van der Waals surface area contributed by atoms with Gasteiger partial charge in [-0.15, -0.1) is 12.4 Å². The molecule has 0 heterocycles. The summed E-state index contributed by atoms with van der Waals surface area (Å²) in [7, 11) is 0. The number of benzene rings is 1. The van der Waals surface area contributed by atoms with Crippen molar-refractivity contribution in [3.8, 4) is 0 Å². The van der Waals surface area contributed by atoms with E-state index in [1.165, 1.54) is 6.42 Å². The lowest BCUT2D eigenvalue weighted by Crippen LogP contribution is -2.39. The van der Waals surface area contributed by atoms with E-state index in [4.69, 9.17) is 5.73 Å². The van der Waals surface area contributed by atoms with Gasteiger partial charge < -0.3 is 11.1 Å². The molecule has 2 atom stereocenters. The van der Waals surface area contributed by atoms with Gasteiger partial charge in [0.1, 0.15) is 0 Å². The van der Waals surface area contributed by atoms with Crippen molar-refractivity contribution in [2.24, 2.45) is 11.7 Å². The van der Waals surface area contributed by atoms with Crippen molar-refractivity contribution in [1.29, 1.82) is 0 Å². The topological polar surface area (TPSA) is 55.1 Å². The van der Waals surface area contributed by atoms with E-state index in [0.717, 1.165) is 24.0 Å². The van der Waals surface area contributed by atoms with E-state index in [1.807, 2.05) is 31.2 Å². The Morgan fingerprint density at radius 1 is 1.44 bits per heavy atom. The number of hydrogen-bond donors (Lipinski definition) is 2. The smallest absolute Gasteiger partial charge is 0.251 e. The molecule has 1 saturated carbocycles. The zero-order valence-corrected chi connectivity index (χ0v) is 11.5. The maximum atomic E-state index is 12.1. The zero-order chi connectivity index (χ0) is 12.3. The van der Waals surface area contributed by atoms with Crippen LogP contribution in [-0.4, -0.2) is 18.5 Å². The lowest BCUT2D eigenvalue weighted by molar-refractivity contribution is 0.0928. The van der Waals surface area contributed by atoms with E-state index in [0.29, 0.717) is 12.5 Å².